The van der Waals surface area contributed by atoms with Gasteiger partial charge in [-0.05, 0) is 13.8 Å². The maximum Gasteiger partial charge on any atom is 0.508 e. The molecule has 5 nitrogen and oxygen atoms in total. The zero-order valence-corrected chi connectivity index (χ0v) is 9.50. The molecule has 1 aliphatic rings. The number of cyclic esters (lactones) is 2. The van der Waals surface area contributed by atoms with Crippen LogP contribution in [-0.4, -0.2) is 35.8 Å². The van der Waals surface area contributed by atoms with Crippen LogP contribution in [0, 0.1) is 0 Å². The summed E-state index contributed by atoms with van der Waals surface area (Å²) in [6.07, 6.45) is -1.20. The van der Waals surface area contributed by atoms with Gasteiger partial charge >= 0.3 is 12.1 Å². The van der Waals surface area contributed by atoms with Crippen LogP contribution in [0.25, 0.3) is 0 Å². The molecule has 0 aromatic rings. The normalized spacial score (nSPS) is 21.4. The summed E-state index contributed by atoms with van der Waals surface area (Å²) in [4.78, 5) is 21.8. The number of hydrogen-bond donors (Lipinski definition) is 0. The molecule has 1 unspecified atom stereocenters. The molecular weight excluding hydrogens is 256 g/mol. The van der Waals surface area contributed by atoms with Crippen LogP contribution in [0.4, 0.5) is 4.79 Å². The first-order valence-corrected chi connectivity index (χ1v) is 4.88. The highest BCUT2D eigenvalue weighted by Crippen LogP contribution is 2.18. The van der Waals surface area contributed by atoms with E-state index in [1.807, 2.05) is 0 Å². The van der Waals surface area contributed by atoms with Crippen LogP contribution >= 0.6 is 15.9 Å². The zero-order valence-electron chi connectivity index (χ0n) is 7.91. The third-order valence-electron chi connectivity index (χ3n) is 1.54. The molecule has 6 heteroatoms. The van der Waals surface area contributed by atoms with Gasteiger partial charge < -0.3 is 14.2 Å². The fourth-order valence-corrected chi connectivity index (χ4v) is 0.902. The highest BCUT2D eigenvalue weighted by Gasteiger charge is 2.30. The molecule has 1 aliphatic heterocycles. The van der Waals surface area contributed by atoms with E-state index in [-0.39, 0.29) is 13.2 Å². The van der Waals surface area contributed by atoms with Gasteiger partial charge in [-0.2, -0.15) is 0 Å². The monoisotopic (exact) mass is 266 g/mol. The van der Waals surface area contributed by atoms with Crippen molar-refractivity contribution in [3.05, 3.63) is 0 Å². The first kappa shape index (κ1) is 11.3. The van der Waals surface area contributed by atoms with Crippen molar-refractivity contribution >= 4 is 28.1 Å². The number of esters is 1. The SMILES string of the molecule is CC(C)(Br)C(=O)OCC1COC(=O)O1. The fourth-order valence-electron chi connectivity index (χ4n) is 0.787. The minimum absolute atomic E-state index is 0.0274. The molecule has 0 spiro atoms. The average molecular weight is 267 g/mol. The zero-order chi connectivity index (χ0) is 10.8. The quantitative estimate of drug-likeness (QED) is 0.568. The second-order valence-electron chi connectivity index (χ2n) is 3.37. The number of hydrogen-bond acceptors (Lipinski definition) is 5. The molecule has 0 aromatic carbocycles. The average Bonchev–Trinajstić information content (AvgIpc) is 2.45. The Balaban J connectivity index is 2.28. The van der Waals surface area contributed by atoms with Gasteiger partial charge in [-0.1, -0.05) is 15.9 Å². The molecule has 0 bridgehead atoms. The molecule has 1 saturated heterocycles. The van der Waals surface area contributed by atoms with Crippen LogP contribution in [0.2, 0.25) is 0 Å². The lowest BCUT2D eigenvalue weighted by atomic mass is 10.2. The third-order valence-corrected chi connectivity index (χ3v) is 1.86. The Hall–Kier alpha value is -0.780. The number of carbonyl (C=O) groups is 2. The lowest BCUT2D eigenvalue weighted by Crippen LogP contribution is -2.30. The fraction of sp³-hybridized carbons (Fsp3) is 0.750. The second kappa shape index (κ2) is 4.16. The summed E-state index contributed by atoms with van der Waals surface area (Å²) < 4.78 is 13.4. The molecule has 0 aliphatic carbocycles. The van der Waals surface area contributed by atoms with Gasteiger partial charge in [0.05, 0.1) is 0 Å². The van der Waals surface area contributed by atoms with E-state index in [1.54, 1.807) is 13.8 Å². The molecule has 0 N–H and O–H groups in total. The van der Waals surface area contributed by atoms with E-state index in [1.165, 1.54) is 0 Å². The minimum Gasteiger partial charge on any atom is -0.461 e. The Bertz CT molecular complexity index is 245. The Morgan fingerprint density at radius 3 is 2.79 bits per heavy atom. The number of alkyl halides is 1. The molecule has 1 fully saturated rings. The summed E-state index contributed by atoms with van der Waals surface area (Å²) in [6, 6.07) is 0. The molecule has 14 heavy (non-hydrogen) atoms. The Kier molecular flexibility index (Phi) is 3.36. The topological polar surface area (TPSA) is 61.8 Å². The van der Waals surface area contributed by atoms with Crippen molar-refractivity contribution < 1.29 is 23.8 Å². The summed E-state index contributed by atoms with van der Waals surface area (Å²) in [5.41, 5.74) is 0. The number of carbonyl (C=O) groups excluding carboxylic acids is 2. The molecule has 0 amide bonds. The van der Waals surface area contributed by atoms with Crippen LogP contribution in [0.1, 0.15) is 13.8 Å². The van der Waals surface area contributed by atoms with Crippen molar-refractivity contribution in [1.82, 2.24) is 0 Å². The number of halogens is 1. The molecule has 80 valence electrons. The molecule has 0 radical (unpaired) electrons. The number of rotatable bonds is 3. The van der Waals surface area contributed by atoms with Crippen LogP contribution in [0.3, 0.4) is 0 Å². The van der Waals surface area contributed by atoms with E-state index >= 15 is 0 Å². The second-order valence-corrected chi connectivity index (χ2v) is 5.35. The lowest BCUT2D eigenvalue weighted by Gasteiger charge is -2.15. The van der Waals surface area contributed by atoms with Crippen molar-refractivity contribution in [1.29, 1.82) is 0 Å². The van der Waals surface area contributed by atoms with Crippen molar-refractivity contribution in [2.24, 2.45) is 0 Å². The molecule has 0 aromatic heterocycles. The van der Waals surface area contributed by atoms with Crippen LogP contribution in [0.15, 0.2) is 0 Å². The van der Waals surface area contributed by atoms with Crippen LogP contribution < -0.4 is 0 Å². The highest BCUT2D eigenvalue weighted by molar-refractivity contribution is 9.10. The molecule has 1 heterocycles. The summed E-state index contributed by atoms with van der Waals surface area (Å²) in [5, 5.41) is 0. The van der Waals surface area contributed by atoms with Gasteiger partial charge in [0.1, 0.15) is 17.5 Å². The standard InChI is InChI=1S/C8H11BrO5/c1-8(2,9)6(10)12-3-5-4-13-7(11)14-5/h5H,3-4H2,1-2H3. The van der Waals surface area contributed by atoms with Gasteiger partial charge in [-0.25, -0.2) is 4.79 Å². The first-order chi connectivity index (χ1) is 6.39. The Morgan fingerprint density at radius 2 is 2.36 bits per heavy atom. The van der Waals surface area contributed by atoms with E-state index in [9.17, 15) is 9.59 Å². The predicted octanol–water partition coefficient (Wildman–Crippen LogP) is 1.24. The molecule has 0 saturated carbocycles. The van der Waals surface area contributed by atoms with Gasteiger partial charge in [0.25, 0.3) is 0 Å². The van der Waals surface area contributed by atoms with Crippen molar-refractivity contribution in [2.45, 2.75) is 24.3 Å². The van der Waals surface area contributed by atoms with Gasteiger partial charge in [0.15, 0.2) is 6.10 Å². The molecule has 1 rings (SSSR count). The van der Waals surface area contributed by atoms with E-state index < -0.39 is 22.6 Å². The largest absolute Gasteiger partial charge is 0.508 e. The van der Waals surface area contributed by atoms with Gasteiger partial charge in [-0.3, -0.25) is 4.79 Å². The Morgan fingerprint density at radius 1 is 1.71 bits per heavy atom. The van der Waals surface area contributed by atoms with E-state index in [0.717, 1.165) is 0 Å². The van der Waals surface area contributed by atoms with E-state index in [2.05, 4.69) is 25.4 Å². The summed E-state index contributed by atoms with van der Waals surface area (Å²) in [5.74, 6) is -0.402. The third kappa shape index (κ3) is 3.17. The predicted molar refractivity (Wildman–Crippen MR) is 50.2 cm³/mol. The van der Waals surface area contributed by atoms with Crippen molar-refractivity contribution in [2.75, 3.05) is 13.2 Å². The van der Waals surface area contributed by atoms with Crippen molar-refractivity contribution in [3.8, 4) is 0 Å². The van der Waals surface area contributed by atoms with E-state index in [0.29, 0.717) is 0 Å². The van der Waals surface area contributed by atoms with Gasteiger partial charge in [0.2, 0.25) is 0 Å². The summed E-state index contributed by atoms with van der Waals surface area (Å²) >= 11 is 3.15. The molecular formula is C8H11BrO5. The Labute approximate surface area is 89.8 Å². The molecule has 1 atom stereocenters. The van der Waals surface area contributed by atoms with Gasteiger partial charge in [0, 0.05) is 0 Å². The lowest BCUT2D eigenvalue weighted by molar-refractivity contribution is -0.147. The summed E-state index contributed by atoms with van der Waals surface area (Å²) in [6.45, 7) is 3.51. The maximum absolute atomic E-state index is 11.3. The van der Waals surface area contributed by atoms with Crippen molar-refractivity contribution in [3.63, 3.8) is 0 Å². The van der Waals surface area contributed by atoms with Crippen LogP contribution in [0.5, 0.6) is 0 Å². The van der Waals surface area contributed by atoms with E-state index in [4.69, 9.17) is 4.74 Å². The number of ether oxygens (including phenoxy) is 3. The maximum atomic E-state index is 11.3. The summed E-state index contributed by atoms with van der Waals surface area (Å²) in [7, 11) is 0. The van der Waals surface area contributed by atoms with Gasteiger partial charge in [-0.15, -0.1) is 0 Å². The minimum atomic E-state index is -0.726. The highest BCUT2D eigenvalue weighted by atomic mass is 79.9. The smallest absolute Gasteiger partial charge is 0.461 e. The first-order valence-electron chi connectivity index (χ1n) is 4.09. The van der Waals surface area contributed by atoms with Crippen LogP contribution in [-0.2, 0) is 19.0 Å².